The average Bonchev–Trinajstić information content (AvgIpc) is 2.72. The van der Waals surface area contributed by atoms with Crippen molar-refractivity contribution in [3.05, 3.63) is 39.4 Å². The van der Waals surface area contributed by atoms with Gasteiger partial charge in [-0.3, -0.25) is 14.2 Å². The van der Waals surface area contributed by atoms with Crippen molar-refractivity contribution in [1.29, 1.82) is 0 Å². The first-order valence-corrected chi connectivity index (χ1v) is 10.5. The monoisotopic (exact) mass is 385 g/mol. The number of para-hydroxylation sites is 1. The number of aromatic nitrogens is 2. The van der Waals surface area contributed by atoms with Crippen LogP contribution in [0.4, 0.5) is 0 Å². The van der Waals surface area contributed by atoms with E-state index in [9.17, 15) is 9.59 Å². The summed E-state index contributed by atoms with van der Waals surface area (Å²) in [4.78, 5) is 30.8. The normalized spacial score (nSPS) is 23.5. The molecule has 1 aromatic heterocycles. The summed E-state index contributed by atoms with van der Waals surface area (Å²) in [6, 6.07) is 7.50. The molecular formula is C21H27N3O2S. The maximum Gasteiger partial charge on any atom is 0.262 e. The highest BCUT2D eigenvalue weighted by Gasteiger charge is 2.30. The van der Waals surface area contributed by atoms with E-state index in [0.29, 0.717) is 28.5 Å². The Balaban J connectivity index is 1.42. The molecule has 6 heteroatoms. The molecule has 2 heterocycles. The molecular weight excluding hydrogens is 358 g/mol. The summed E-state index contributed by atoms with van der Waals surface area (Å²) in [5, 5.41) is 0.681. The Kier molecular flexibility index (Phi) is 5.43. The molecule has 144 valence electrons. The molecule has 0 spiro atoms. The van der Waals surface area contributed by atoms with E-state index in [1.54, 1.807) is 4.57 Å². The fraction of sp³-hybridized carbons (Fsp3) is 0.571. The molecule has 0 radical (unpaired) electrons. The molecule has 1 N–H and O–H groups in total. The second-order valence-corrected chi connectivity index (χ2v) is 8.38. The molecule has 2 aliphatic rings. The van der Waals surface area contributed by atoms with Crippen LogP contribution in [-0.2, 0) is 11.3 Å². The van der Waals surface area contributed by atoms with Crippen LogP contribution in [0.25, 0.3) is 10.9 Å². The summed E-state index contributed by atoms with van der Waals surface area (Å²) < 4.78 is 2.19. The number of aromatic amines is 1. The first-order valence-electron chi connectivity index (χ1n) is 10.1. The van der Waals surface area contributed by atoms with Crippen molar-refractivity contribution in [2.45, 2.75) is 51.5 Å². The highest BCUT2D eigenvalue weighted by atomic mass is 32.1. The van der Waals surface area contributed by atoms with E-state index < -0.39 is 0 Å². The van der Waals surface area contributed by atoms with Crippen molar-refractivity contribution in [1.82, 2.24) is 14.5 Å². The molecule has 1 aliphatic carbocycles. The van der Waals surface area contributed by atoms with Gasteiger partial charge in [-0.2, -0.15) is 0 Å². The highest BCUT2D eigenvalue weighted by Crippen LogP contribution is 2.31. The van der Waals surface area contributed by atoms with Crippen molar-refractivity contribution in [2.24, 2.45) is 11.8 Å². The van der Waals surface area contributed by atoms with Crippen molar-refractivity contribution in [2.75, 3.05) is 13.1 Å². The second-order valence-electron chi connectivity index (χ2n) is 8.00. The van der Waals surface area contributed by atoms with E-state index in [2.05, 4.69) is 9.88 Å². The number of rotatable bonds is 3. The summed E-state index contributed by atoms with van der Waals surface area (Å²) >= 11 is 5.43. The van der Waals surface area contributed by atoms with Gasteiger partial charge in [0.15, 0.2) is 4.77 Å². The molecule has 1 amide bonds. The largest absolute Gasteiger partial charge is 0.342 e. The van der Waals surface area contributed by atoms with Crippen molar-refractivity contribution < 1.29 is 4.79 Å². The Morgan fingerprint density at radius 3 is 2.52 bits per heavy atom. The minimum absolute atomic E-state index is 0.0131. The quantitative estimate of drug-likeness (QED) is 0.816. The van der Waals surface area contributed by atoms with Gasteiger partial charge in [0, 0.05) is 25.6 Å². The van der Waals surface area contributed by atoms with Gasteiger partial charge in [0.25, 0.3) is 5.56 Å². The third-order valence-electron chi connectivity index (χ3n) is 6.19. The maximum atomic E-state index is 12.8. The number of carbonyl (C=O) groups is 1. The molecule has 0 unspecified atom stereocenters. The predicted molar refractivity (Wildman–Crippen MR) is 109 cm³/mol. The average molecular weight is 386 g/mol. The van der Waals surface area contributed by atoms with Crippen LogP contribution in [0.1, 0.15) is 44.9 Å². The zero-order chi connectivity index (χ0) is 18.8. The first kappa shape index (κ1) is 18.4. The van der Waals surface area contributed by atoms with Gasteiger partial charge in [-0.15, -0.1) is 0 Å². The van der Waals surface area contributed by atoms with E-state index in [1.807, 2.05) is 24.3 Å². The van der Waals surface area contributed by atoms with Crippen molar-refractivity contribution in [3.8, 4) is 0 Å². The van der Waals surface area contributed by atoms with Crippen LogP contribution in [0.5, 0.6) is 0 Å². The smallest absolute Gasteiger partial charge is 0.262 e. The van der Waals surface area contributed by atoms with E-state index in [0.717, 1.165) is 57.1 Å². The van der Waals surface area contributed by atoms with Gasteiger partial charge >= 0.3 is 0 Å². The Morgan fingerprint density at radius 2 is 1.78 bits per heavy atom. The van der Waals surface area contributed by atoms with Gasteiger partial charge in [-0.1, -0.05) is 12.1 Å². The third kappa shape index (κ3) is 3.86. The number of benzene rings is 1. The summed E-state index contributed by atoms with van der Waals surface area (Å²) in [5.41, 5.74) is 0.778. The van der Waals surface area contributed by atoms with Crippen LogP contribution in [-0.4, -0.2) is 33.4 Å². The van der Waals surface area contributed by atoms with Gasteiger partial charge < -0.3 is 9.88 Å². The van der Waals surface area contributed by atoms with Crippen LogP contribution in [0.2, 0.25) is 0 Å². The van der Waals surface area contributed by atoms with Gasteiger partial charge in [0.05, 0.1) is 10.9 Å². The number of fused-ring (bicyclic) bond motifs is 1. The van der Waals surface area contributed by atoms with Crippen LogP contribution < -0.4 is 5.56 Å². The van der Waals surface area contributed by atoms with Gasteiger partial charge in [-0.05, 0) is 75.2 Å². The summed E-state index contributed by atoms with van der Waals surface area (Å²) in [6.07, 6.45) is 7.36. The predicted octanol–water partition coefficient (Wildman–Crippen LogP) is 3.88. The van der Waals surface area contributed by atoms with Crippen LogP contribution in [0.3, 0.4) is 0 Å². The molecule has 1 saturated heterocycles. The van der Waals surface area contributed by atoms with Crippen LogP contribution in [0.15, 0.2) is 29.1 Å². The number of amides is 1. The summed E-state index contributed by atoms with van der Waals surface area (Å²) in [7, 11) is 0. The molecule has 27 heavy (non-hydrogen) atoms. The van der Waals surface area contributed by atoms with Gasteiger partial charge in [0.1, 0.15) is 0 Å². The maximum absolute atomic E-state index is 12.8. The minimum atomic E-state index is -0.0131. The Morgan fingerprint density at radius 1 is 1.07 bits per heavy atom. The first-order chi connectivity index (χ1) is 13.1. The number of H-pyrrole nitrogens is 1. The molecule has 1 aromatic carbocycles. The Bertz CT molecular complexity index is 934. The van der Waals surface area contributed by atoms with Crippen molar-refractivity contribution in [3.63, 3.8) is 0 Å². The Labute approximate surface area is 164 Å². The zero-order valence-electron chi connectivity index (χ0n) is 15.7. The van der Waals surface area contributed by atoms with E-state index in [-0.39, 0.29) is 11.5 Å². The topological polar surface area (TPSA) is 58.1 Å². The zero-order valence-corrected chi connectivity index (χ0v) is 16.5. The number of likely N-dealkylation sites (tertiary alicyclic amines) is 1. The van der Waals surface area contributed by atoms with Gasteiger partial charge in [-0.25, -0.2) is 0 Å². The van der Waals surface area contributed by atoms with Crippen LogP contribution >= 0.6 is 12.2 Å². The Hall–Kier alpha value is -1.95. The minimum Gasteiger partial charge on any atom is -0.342 e. The molecule has 1 saturated carbocycles. The van der Waals surface area contributed by atoms with Gasteiger partial charge in [0.2, 0.25) is 5.91 Å². The lowest BCUT2D eigenvalue weighted by Gasteiger charge is -2.34. The third-order valence-corrected chi connectivity index (χ3v) is 6.52. The number of nitrogens with one attached hydrogen (secondary N) is 1. The number of carbonyl (C=O) groups excluding carboxylic acids is 1. The summed E-state index contributed by atoms with van der Waals surface area (Å²) in [6.45, 7) is 2.50. The molecule has 0 atom stereocenters. The van der Waals surface area contributed by atoms with E-state index in [1.165, 1.54) is 6.42 Å². The second kappa shape index (κ2) is 7.97. The highest BCUT2D eigenvalue weighted by molar-refractivity contribution is 7.71. The molecule has 2 fully saturated rings. The lowest BCUT2D eigenvalue weighted by atomic mass is 9.81. The molecule has 5 nitrogen and oxygen atoms in total. The SMILES string of the molecule is O=C(C1CCC(Cn2c(=S)[nH]c3ccccc3c2=O)CC1)N1CCCCC1. The number of hydrogen-bond donors (Lipinski definition) is 1. The lowest BCUT2D eigenvalue weighted by molar-refractivity contribution is -0.137. The standard InChI is InChI=1S/C21H27N3O2S/c25-19(23-12-4-1-5-13-23)16-10-8-15(9-11-16)14-24-20(26)17-6-2-3-7-18(17)22-21(24)27/h2-3,6-7,15-16H,1,4-5,8-14H2,(H,22,27). The molecule has 1 aliphatic heterocycles. The fourth-order valence-electron chi connectivity index (χ4n) is 4.59. The number of nitrogens with zero attached hydrogens (tertiary/aromatic N) is 2. The lowest BCUT2D eigenvalue weighted by Crippen LogP contribution is -2.41. The van der Waals surface area contributed by atoms with E-state index in [4.69, 9.17) is 12.2 Å². The number of hydrogen-bond acceptors (Lipinski definition) is 3. The van der Waals surface area contributed by atoms with E-state index >= 15 is 0 Å². The molecule has 0 bridgehead atoms. The fourth-order valence-corrected chi connectivity index (χ4v) is 4.85. The van der Waals surface area contributed by atoms with Crippen molar-refractivity contribution >= 4 is 29.0 Å². The molecule has 4 rings (SSSR count). The molecule has 2 aromatic rings. The van der Waals surface area contributed by atoms with Crippen LogP contribution in [0, 0.1) is 16.6 Å². The summed E-state index contributed by atoms with van der Waals surface area (Å²) in [5.74, 6) is 0.930. The number of piperidine rings is 1.